The first-order chi connectivity index (χ1) is 11.8. The number of pyridine rings is 1. The number of aromatic nitrogens is 1. The van der Waals surface area contributed by atoms with Crippen molar-refractivity contribution in [3.63, 3.8) is 0 Å². The van der Waals surface area contributed by atoms with Crippen LogP contribution < -0.4 is 10.1 Å². The van der Waals surface area contributed by atoms with Crippen LogP contribution in [-0.2, 0) is 0 Å². The van der Waals surface area contributed by atoms with E-state index in [1.807, 2.05) is 12.1 Å². The molecule has 1 spiro atoms. The monoisotopic (exact) mass is 330 g/mol. The maximum Gasteiger partial charge on any atom is 0.194 e. The third kappa shape index (κ3) is 4.40. The summed E-state index contributed by atoms with van der Waals surface area (Å²) in [6, 6.07) is 3.81. The summed E-state index contributed by atoms with van der Waals surface area (Å²) in [5.41, 5.74) is 0.556. The number of hydrogen-bond donors (Lipinski definition) is 1. The van der Waals surface area contributed by atoms with Crippen LogP contribution in [0.15, 0.2) is 29.5 Å². The highest BCUT2D eigenvalue weighted by Gasteiger charge is 2.39. The third-order valence-electron chi connectivity index (χ3n) is 5.24. The molecule has 0 bridgehead atoms. The Morgan fingerprint density at radius 3 is 2.96 bits per heavy atom. The number of ether oxygens (including phenoxy) is 1. The standard InChI is InChI=1S/C19H30N4O/c1-2-21-18(22-12-14-24-17-7-6-11-20-15-17)23-13-10-19(16-23)8-4-3-5-9-19/h6-7,11,15H,2-5,8-10,12-14,16H2,1H3,(H,21,22). The van der Waals surface area contributed by atoms with Crippen molar-refractivity contribution in [2.45, 2.75) is 45.4 Å². The van der Waals surface area contributed by atoms with Gasteiger partial charge in [-0.15, -0.1) is 0 Å². The molecule has 24 heavy (non-hydrogen) atoms. The first kappa shape index (κ1) is 17.1. The molecule has 0 atom stereocenters. The molecule has 5 nitrogen and oxygen atoms in total. The Balaban J connectivity index is 1.52. The summed E-state index contributed by atoms with van der Waals surface area (Å²) in [6.07, 6.45) is 11.8. The Hall–Kier alpha value is -1.78. The van der Waals surface area contributed by atoms with Crippen molar-refractivity contribution < 1.29 is 4.74 Å². The van der Waals surface area contributed by atoms with Gasteiger partial charge in [0.15, 0.2) is 5.96 Å². The molecule has 2 heterocycles. The lowest BCUT2D eigenvalue weighted by atomic mass is 9.73. The van der Waals surface area contributed by atoms with Gasteiger partial charge < -0.3 is 15.0 Å². The molecule has 1 aliphatic heterocycles. The Morgan fingerprint density at radius 2 is 2.21 bits per heavy atom. The van der Waals surface area contributed by atoms with Crippen molar-refractivity contribution >= 4 is 5.96 Å². The largest absolute Gasteiger partial charge is 0.490 e. The van der Waals surface area contributed by atoms with Gasteiger partial charge in [0.05, 0.1) is 12.7 Å². The molecule has 1 aromatic heterocycles. The van der Waals surface area contributed by atoms with Gasteiger partial charge in [-0.2, -0.15) is 0 Å². The molecule has 3 rings (SSSR count). The van der Waals surface area contributed by atoms with E-state index in [9.17, 15) is 0 Å². The number of nitrogens with one attached hydrogen (secondary N) is 1. The number of nitrogens with zero attached hydrogens (tertiary/aromatic N) is 3. The summed E-state index contributed by atoms with van der Waals surface area (Å²) < 4.78 is 5.69. The minimum Gasteiger partial charge on any atom is -0.490 e. The van der Waals surface area contributed by atoms with Crippen LogP contribution in [-0.4, -0.2) is 48.6 Å². The third-order valence-corrected chi connectivity index (χ3v) is 5.24. The van der Waals surface area contributed by atoms with Crippen molar-refractivity contribution in [2.75, 3.05) is 32.8 Å². The van der Waals surface area contributed by atoms with Gasteiger partial charge in [-0.3, -0.25) is 4.98 Å². The highest BCUT2D eigenvalue weighted by molar-refractivity contribution is 5.80. The molecular formula is C19H30N4O. The summed E-state index contributed by atoms with van der Waals surface area (Å²) in [7, 11) is 0. The molecule has 2 aliphatic rings. The van der Waals surface area contributed by atoms with Crippen LogP contribution in [0, 0.1) is 5.41 Å². The van der Waals surface area contributed by atoms with Gasteiger partial charge in [-0.25, -0.2) is 4.99 Å². The van der Waals surface area contributed by atoms with Crippen LogP contribution in [0.5, 0.6) is 5.75 Å². The van der Waals surface area contributed by atoms with Gasteiger partial charge in [-0.05, 0) is 43.7 Å². The lowest BCUT2D eigenvalue weighted by Crippen LogP contribution is -2.41. The molecule has 0 amide bonds. The van der Waals surface area contributed by atoms with E-state index in [0.29, 0.717) is 18.6 Å². The Bertz CT molecular complexity index is 525. The molecule has 1 saturated carbocycles. The number of likely N-dealkylation sites (tertiary alicyclic amines) is 1. The predicted molar refractivity (Wildman–Crippen MR) is 97.4 cm³/mol. The molecule has 0 aromatic carbocycles. The fraction of sp³-hybridized carbons (Fsp3) is 0.684. The maximum absolute atomic E-state index is 5.69. The van der Waals surface area contributed by atoms with Crippen molar-refractivity contribution in [1.82, 2.24) is 15.2 Å². The maximum atomic E-state index is 5.69. The second-order valence-electron chi connectivity index (χ2n) is 7.01. The van der Waals surface area contributed by atoms with Gasteiger partial charge in [0.1, 0.15) is 12.4 Å². The van der Waals surface area contributed by atoms with Gasteiger partial charge in [0.2, 0.25) is 0 Å². The lowest BCUT2D eigenvalue weighted by molar-refractivity contribution is 0.203. The minimum absolute atomic E-state index is 0.556. The van der Waals surface area contributed by atoms with Crippen molar-refractivity contribution in [3.8, 4) is 5.75 Å². The van der Waals surface area contributed by atoms with Crippen LogP contribution in [0.2, 0.25) is 0 Å². The Kier molecular flexibility index (Phi) is 5.94. The van der Waals surface area contributed by atoms with E-state index >= 15 is 0 Å². The first-order valence-corrected chi connectivity index (χ1v) is 9.37. The fourth-order valence-corrected chi connectivity index (χ4v) is 4.00. The highest BCUT2D eigenvalue weighted by atomic mass is 16.5. The van der Waals surface area contributed by atoms with E-state index in [1.54, 1.807) is 12.4 Å². The predicted octanol–water partition coefficient (Wildman–Crippen LogP) is 3.08. The Labute approximate surface area is 145 Å². The van der Waals surface area contributed by atoms with Gasteiger partial charge >= 0.3 is 0 Å². The summed E-state index contributed by atoms with van der Waals surface area (Å²) in [6.45, 7) is 6.60. The molecule has 1 aromatic rings. The van der Waals surface area contributed by atoms with Gasteiger partial charge in [-0.1, -0.05) is 19.3 Å². The zero-order valence-corrected chi connectivity index (χ0v) is 14.8. The van der Waals surface area contributed by atoms with Crippen molar-refractivity contribution in [3.05, 3.63) is 24.5 Å². The number of guanidine groups is 1. The van der Waals surface area contributed by atoms with Crippen LogP contribution in [0.3, 0.4) is 0 Å². The first-order valence-electron chi connectivity index (χ1n) is 9.37. The summed E-state index contributed by atoms with van der Waals surface area (Å²) in [5.74, 6) is 1.86. The van der Waals surface area contributed by atoms with E-state index in [0.717, 1.165) is 24.8 Å². The second kappa shape index (κ2) is 8.36. The summed E-state index contributed by atoms with van der Waals surface area (Å²) in [4.78, 5) is 11.3. The fourth-order valence-electron chi connectivity index (χ4n) is 4.00. The second-order valence-corrected chi connectivity index (χ2v) is 7.01. The van der Waals surface area contributed by atoms with Crippen molar-refractivity contribution in [1.29, 1.82) is 0 Å². The van der Waals surface area contributed by atoms with Gasteiger partial charge in [0, 0.05) is 25.8 Å². The van der Waals surface area contributed by atoms with E-state index in [1.165, 1.54) is 45.1 Å². The molecule has 0 unspecified atom stereocenters. The van der Waals surface area contributed by atoms with Crippen LogP contribution in [0.4, 0.5) is 0 Å². The number of aliphatic imine (C=N–C) groups is 1. The average Bonchev–Trinajstić information content (AvgIpc) is 3.02. The average molecular weight is 330 g/mol. The van der Waals surface area contributed by atoms with Crippen LogP contribution >= 0.6 is 0 Å². The Morgan fingerprint density at radius 1 is 1.33 bits per heavy atom. The SMILES string of the molecule is CCNC(=NCCOc1cccnc1)N1CCC2(CCCCC2)C1. The molecule has 2 fully saturated rings. The molecule has 1 aliphatic carbocycles. The van der Waals surface area contributed by atoms with E-state index in [-0.39, 0.29) is 0 Å². The quantitative estimate of drug-likeness (QED) is 0.512. The zero-order chi connectivity index (χ0) is 16.7. The normalized spacial score (nSPS) is 20.4. The van der Waals surface area contributed by atoms with Crippen LogP contribution in [0.1, 0.15) is 45.4 Å². The van der Waals surface area contributed by atoms with E-state index < -0.39 is 0 Å². The van der Waals surface area contributed by atoms with E-state index in [4.69, 9.17) is 9.73 Å². The smallest absolute Gasteiger partial charge is 0.194 e. The zero-order valence-electron chi connectivity index (χ0n) is 14.8. The lowest BCUT2D eigenvalue weighted by Gasteiger charge is -2.33. The molecule has 5 heteroatoms. The number of rotatable bonds is 5. The molecular weight excluding hydrogens is 300 g/mol. The highest BCUT2D eigenvalue weighted by Crippen LogP contribution is 2.43. The van der Waals surface area contributed by atoms with E-state index in [2.05, 4.69) is 22.1 Å². The van der Waals surface area contributed by atoms with Crippen molar-refractivity contribution in [2.24, 2.45) is 10.4 Å². The summed E-state index contributed by atoms with van der Waals surface area (Å²) in [5, 5.41) is 3.45. The molecule has 132 valence electrons. The minimum atomic E-state index is 0.556. The summed E-state index contributed by atoms with van der Waals surface area (Å²) >= 11 is 0. The van der Waals surface area contributed by atoms with Crippen LogP contribution in [0.25, 0.3) is 0 Å². The number of hydrogen-bond acceptors (Lipinski definition) is 3. The topological polar surface area (TPSA) is 49.8 Å². The molecule has 1 N–H and O–H groups in total. The molecule has 1 saturated heterocycles. The van der Waals surface area contributed by atoms with Gasteiger partial charge in [0.25, 0.3) is 0 Å². The molecule has 0 radical (unpaired) electrons.